The van der Waals surface area contributed by atoms with E-state index in [1.165, 1.54) is 4.90 Å². The van der Waals surface area contributed by atoms with Gasteiger partial charge in [-0.3, -0.25) is 9.59 Å². The van der Waals surface area contributed by atoms with Crippen LogP contribution >= 0.6 is 11.6 Å². The second-order valence-corrected chi connectivity index (χ2v) is 6.83. The highest BCUT2D eigenvalue weighted by atomic mass is 35.5. The number of ether oxygens (including phenoxy) is 1. The molecule has 0 spiro atoms. The molecule has 0 saturated carbocycles. The summed E-state index contributed by atoms with van der Waals surface area (Å²) in [6, 6.07) is 22.8. The Hall–Kier alpha value is -3.57. The monoisotopic (exact) mass is 404 g/mol. The molecule has 3 aromatic rings. The van der Waals surface area contributed by atoms with Gasteiger partial charge in [0.15, 0.2) is 0 Å². The minimum atomic E-state index is -0.415. The Morgan fingerprint density at radius 1 is 0.828 bits per heavy atom. The fraction of sp³-hybridized carbons (Fsp3) is 0.0435. The molecule has 2 amide bonds. The number of rotatable bonds is 5. The lowest BCUT2D eigenvalue weighted by atomic mass is 10.0. The maximum Gasteiger partial charge on any atom is 0.282 e. The molecule has 1 aliphatic rings. The number of hydrogen-bond donors (Lipinski definition) is 1. The van der Waals surface area contributed by atoms with E-state index in [1.54, 1.807) is 79.9 Å². The third-order valence-corrected chi connectivity index (χ3v) is 4.84. The molecule has 144 valence electrons. The molecule has 29 heavy (non-hydrogen) atoms. The van der Waals surface area contributed by atoms with Crippen LogP contribution < -0.4 is 15.0 Å². The highest BCUT2D eigenvalue weighted by molar-refractivity contribution is 6.46. The van der Waals surface area contributed by atoms with Crippen LogP contribution in [0.5, 0.6) is 5.75 Å². The molecule has 0 aromatic heterocycles. The number of imide groups is 1. The van der Waals surface area contributed by atoms with Gasteiger partial charge in [-0.25, -0.2) is 4.90 Å². The van der Waals surface area contributed by atoms with E-state index >= 15 is 0 Å². The minimum Gasteiger partial charge on any atom is -0.497 e. The maximum atomic E-state index is 13.3. The smallest absolute Gasteiger partial charge is 0.282 e. The molecule has 0 atom stereocenters. The Balaban J connectivity index is 1.79. The van der Waals surface area contributed by atoms with Gasteiger partial charge in [0, 0.05) is 10.7 Å². The molecule has 0 unspecified atom stereocenters. The average molecular weight is 405 g/mol. The Morgan fingerprint density at radius 3 is 2.10 bits per heavy atom. The number of nitrogens with zero attached hydrogens (tertiary/aromatic N) is 1. The number of para-hydroxylation sites is 1. The molecule has 0 aliphatic carbocycles. The first kappa shape index (κ1) is 18.8. The third kappa shape index (κ3) is 3.60. The van der Waals surface area contributed by atoms with Crippen molar-refractivity contribution in [3.05, 3.63) is 95.1 Å². The SMILES string of the molecule is COc1ccc(NC2=C(c3ccc(Cl)cc3)C(=O)N(c3ccccc3)C2=O)cc1. The van der Waals surface area contributed by atoms with Gasteiger partial charge in [-0.15, -0.1) is 0 Å². The van der Waals surface area contributed by atoms with E-state index in [1.807, 2.05) is 6.07 Å². The van der Waals surface area contributed by atoms with E-state index in [0.717, 1.165) is 0 Å². The lowest BCUT2D eigenvalue weighted by Crippen LogP contribution is -2.32. The number of amides is 2. The maximum absolute atomic E-state index is 13.3. The minimum absolute atomic E-state index is 0.214. The number of anilines is 2. The van der Waals surface area contributed by atoms with Crippen LogP contribution in [0.2, 0.25) is 5.02 Å². The largest absolute Gasteiger partial charge is 0.497 e. The van der Waals surface area contributed by atoms with Crippen molar-refractivity contribution in [1.82, 2.24) is 0 Å². The molecular weight excluding hydrogens is 388 g/mol. The zero-order valence-corrected chi connectivity index (χ0v) is 16.3. The fourth-order valence-corrected chi connectivity index (χ4v) is 3.29. The molecule has 3 aromatic carbocycles. The van der Waals surface area contributed by atoms with Crippen LogP contribution in [0.3, 0.4) is 0 Å². The van der Waals surface area contributed by atoms with Crippen LogP contribution in [0.25, 0.3) is 5.57 Å². The molecular formula is C23H17ClN2O3. The van der Waals surface area contributed by atoms with E-state index in [2.05, 4.69) is 5.32 Å². The molecule has 4 rings (SSSR count). The average Bonchev–Trinajstić information content (AvgIpc) is 2.99. The first-order valence-electron chi connectivity index (χ1n) is 8.93. The first-order valence-corrected chi connectivity index (χ1v) is 9.31. The molecule has 0 radical (unpaired) electrons. The topological polar surface area (TPSA) is 58.6 Å². The van der Waals surface area contributed by atoms with Crippen LogP contribution in [-0.2, 0) is 9.59 Å². The zero-order valence-electron chi connectivity index (χ0n) is 15.6. The summed E-state index contributed by atoms with van der Waals surface area (Å²) in [5.74, 6) is -0.108. The van der Waals surface area contributed by atoms with Crippen molar-refractivity contribution in [2.24, 2.45) is 0 Å². The molecule has 1 heterocycles. The van der Waals surface area contributed by atoms with Crippen molar-refractivity contribution in [2.75, 3.05) is 17.3 Å². The fourth-order valence-electron chi connectivity index (χ4n) is 3.16. The molecule has 5 nitrogen and oxygen atoms in total. The Morgan fingerprint density at radius 2 is 1.48 bits per heavy atom. The van der Waals surface area contributed by atoms with Crippen molar-refractivity contribution < 1.29 is 14.3 Å². The van der Waals surface area contributed by atoms with E-state index < -0.39 is 5.91 Å². The molecule has 0 saturated heterocycles. The predicted molar refractivity (Wildman–Crippen MR) is 114 cm³/mol. The van der Waals surface area contributed by atoms with E-state index in [9.17, 15) is 9.59 Å². The lowest BCUT2D eigenvalue weighted by Gasteiger charge is -2.15. The summed E-state index contributed by atoms with van der Waals surface area (Å²) in [6.45, 7) is 0. The lowest BCUT2D eigenvalue weighted by molar-refractivity contribution is -0.120. The molecule has 0 bridgehead atoms. The van der Waals surface area contributed by atoms with Gasteiger partial charge < -0.3 is 10.1 Å². The van der Waals surface area contributed by atoms with Gasteiger partial charge in [0.05, 0.1) is 18.4 Å². The first-order chi connectivity index (χ1) is 14.1. The van der Waals surface area contributed by atoms with E-state index in [4.69, 9.17) is 16.3 Å². The number of carbonyl (C=O) groups excluding carboxylic acids is 2. The summed E-state index contributed by atoms with van der Waals surface area (Å²) in [5.41, 5.74) is 2.31. The second kappa shape index (κ2) is 7.81. The summed E-state index contributed by atoms with van der Waals surface area (Å²) in [7, 11) is 1.58. The van der Waals surface area contributed by atoms with E-state index in [0.29, 0.717) is 33.3 Å². The number of hydrogen-bond acceptors (Lipinski definition) is 4. The van der Waals surface area contributed by atoms with E-state index in [-0.39, 0.29) is 11.6 Å². The van der Waals surface area contributed by atoms with Gasteiger partial charge >= 0.3 is 0 Å². The Kier molecular flexibility index (Phi) is 5.06. The van der Waals surface area contributed by atoms with Crippen molar-refractivity contribution in [3.8, 4) is 5.75 Å². The van der Waals surface area contributed by atoms with Crippen LogP contribution in [0.1, 0.15) is 5.56 Å². The standard InChI is InChI=1S/C23H17ClN2O3/c1-29-19-13-11-17(12-14-19)25-21-20(15-7-9-16(24)10-8-15)22(27)26(23(21)28)18-5-3-2-4-6-18/h2-14,25H,1H3. The summed E-state index contributed by atoms with van der Waals surface area (Å²) in [4.78, 5) is 27.7. The molecule has 6 heteroatoms. The summed E-state index contributed by atoms with van der Waals surface area (Å²) in [5, 5.41) is 3.67. The Bertz CT molecular complexity index is 1090. The summed E-state index contributed by atoms with van der Waals surface area (Å²) >= 11 is 6.00. The predicted octanol–water partition coefficient (Wildman–Crippen LogP) is 4.75. The van der Waals surface area contributed by atoms with Gasteiger partial charge in [-0.2, -0.15) is 0 Å². The molecule has 1 aliphatic heterocycles. The van der Waals surface area contributed by atoms with Crippen molar-refractivity contribution in [2.45, 2.75) is 0 Å². The summed E-state index contributed by atoms with van der Waals surface area (Å²) < 4.78 is 5.17. The highest BCUT2D eigenvalue weighted by Gasteiger charge is 2.40. The van der Waals surface area contributed by atoms with Crippen LogP contribution in [-0.4, -0.2) is 18.9 Å². The van der Waals surface area contributed by atoms with Crippen LogP contribution in [0.4, 0.5) is 11.4 Å². The summed E-state index contributed by atoms with van der Waals surface area (Å²) in [6.07, 6.45) is 0. The van der Waals surface area contributed by atoms with Crippen molar-refractivity contribution in [3.63, 3.8) is 0 Å². The highest BCUT2D eigenvalue weighted by Crippen LogP contribution is 2.34. The van der Waals surface area contributed by atoms with Crippen molar-refractivity contribution in [1.29, 1.82) is 0 Å². The second-order valence-electron chi connectivity index (χ2n) is 6.39. The van der Waals surface area contributed by atoms with Gasteiger partial charge in [-0.05, 0) is 54.1 Å². The molecule has 0 fully saturated rings. The normalized spacial score (nSPS) is 13.8. The number of halogens is 1. The van der Waals surface area contributed by atoms with Gasteiger partial charge in [0.1, 0.15) is 11.4 Å². The zero-order chi connectivity index (χ0) is 20.4. The van der Waals surface area contributed by atoms with Gasteiger partial charge in [0.25, 0.3) is 11.8 Å². The van der Waals surface area contributed by atoms with Crippen molar-refractivity contribution >= 4 is 40.4 Å². The van der Waals surface area contributed by atoms with Crippen LogP contribution in [0, 0.1) is 0 Å². The Labute approximate surface area is 173 Å². The van der Waals surface area contributed by atoms with Gasteiger partial charge in [-0.1, -0.05) is 41.9 Å². The number of methoxy groups -OCH3 is 1. The number of nitrogens with one attached hydrogen (secondary N) is 1. The number of carbonyl (C=O) groups is 2. The van der Waals surface area contributed by atoms with Crippen LogP contribution in [0.15, 0.2) is 84.6 Å². The van der Waals surface area contributed by atoms with Gasteiger partial charge in [0.2, 0.25) is 0 Å². The molecule has 1 N–H and O–H groups in total. The third-order valence-electron chi connectivity index (χ3n) is 4.59. The number of benzene rings is 3. The quantitative estimate of drug-likeness (QED) is 0.624.